The van der Waals surface area contributed by atoms with Gasteiger partial charge in [0.15, 0.2) is 0 Å². The summed E-state index contributed by atoms with van der Waals surface area (Å²) >= 11 is 1.85. The van der Waals surface area contributed by atoms with Crippen LogP contribution in [0.3, 0.4) is 0 Å². The summed E-state index contributed by atoms with van der Waals surface area (Å²) in [5.41, 5.74) is 16.4. The van der Waals surface area contributed by atoms with Crippen molar-refractivity contribution in [3.05, 3.63) is 297 Å². The molecule has 4 heteroatoms. The molecule has 0 amide bonds. The van der Waals surface area contributed by atoms with Crippen molar-refractivity contribution in [3.8, 4) is 33.4 Å². The SMILES string of the molecule is c1ccc(-c2ccc(N(c3ccccc3)c3cc(N(c4ccccc4)c4ccc(-c5ccccc5)cc4)cc(N(c4ccc(-c5ccc6sc7ccccc7c6c5)cc4)c4ccc5ccccc5c4)c3)cc2)cc1. The van der Waals surface area contributed by atoms with Crippen LogP contribution >= 0.6 is 11.3 Å². The van der Waals surface area contributed by atoms with Gasteiger partial charge >= 0.3 is 0 Å². The molecule has 12 aromatic carbocycles. The van der Waals surface area contributed by atoms with E-state index in [1.165, 1.54) is 64.3 Å². The standard InChI is InChI=1S/C70H49N3S/c1-5-17-50(18-6-1)53-29-37-60(38-30-53)71(58-23-9-3-10-24-58)64-47-65(72(59-25-11-4-12-26-59)61-39-31-54(32-40-61)51-19-7-2-8-20-51)49-66(48-64)73(63-43-35-52-21-13-14-22-56(52)45-63)62-41-33-55(34-42-62)57-36-44-70-68(46-57)67-27-15-16-28-69(67)74-70/h1-49H. The van der Waals surface area contributed by atoms with Crippen LogP contribution in [0.5, 0.6) is 0 Å². The number of hydrogen-bond donors (Lipinski definition) is 0. The van der Waals surface area contributed by atoms with Gasteiger partial charge in [0.2, 0.25) is 0 Å². The summed E-state index contributed by atoms with van der Waals surface area (Å²) in [6, 6.07) is 108. The van der Waals surface area contributed by atoms with Crippen molar-refractivity contribution < 1.29 is 0 Å². The minimum absolute atomic E-state index is 1.01. The van der Waals surface area contributed by atoms with Gasteiger partial charge in [-0.15, -0.1) is 11.3 Å². The van der Waals surface area contributed by atoms with Gasteiger partial charge in [-0.1, -0.05) is 188 Å². The van der Waals surface area contributed by atoms with Gasteiger partial charge in [-0.2, -0.15) is 0 Å². The van der Waals surface area contributed by atoms with Crippen molar-refractivity contribution >= 4 is 93.5 Å². The van der Waals surface area contributed by atoms with Crippen molar-refractivity contribution in [2.75, 3.05) is 14.7 Å². The topological polar surface area (TPSA) is 9.72 Å². The third-order valence-corrected chi connectivity index (χ3v) is 15.1. The summed E-state index contributed by atoms with van der Waals surface area (Å²) in [5, 5.41) is 4.97. The molecule has 0 aliphatic heterocycles. The Morgan fingerprint density at radius 1 is 0.189 bits per heavy atom. The Hall–Kier alpha value is -9.48. The predicted molar refractivity (Wildman–Crippen MR) is 317 cm³/mol. The molecule has 0 saturated carbocycles. The fraction of sp³-hybridized carbons (Fsp3) is 0. The molecule has 0 fully saturated rings. The van der Waals surface area contributed by atoms with Crippen LogP contribution in [0.1, 0.15) is 0 Å². The number of benzene rings is 12. The number of fused-ring (bicyclic) bond motifs is 4. The summed E-state index contributed by atoms with van der Waals surface area (Å²) in [6.07, 6.45) is 0. The van der Waals surface area contributed by atoms with E-state index < -0.39 is 0 Å². The average Bonchev–Trinajstić information content (AvgIpc) is 3.86. The first-order valence-corrected chi connectivity index (χ1v) is 26.0. The largest absolute Gasteiger partial charge is 0.310 e. The number of nitrogens with zero attached hydrogens (tertiary/aromatic N) is 3. The third-order valence-electron chi connectivity index (χ3n) is 14.0. The van der Waals surface area contributed by atoms with E-state index >= 15 is 0 Å². The normalized spacial score (nSPS) is 11.2. The molecule has 0 unspecified atom stereocenters. The molecule has 0 radical (unpaired) electrons. The smallest absolute Gasteiger partial charge is 0.0503 e. The maximum atomic E-state index is 2.42. The molecule has 350 valence electrons. The number of hydrogen-bond acceptors (Lipinski definition) is 4. The van der Waals surface area contributed by atoms with Gasteiger partial charge in [-0.05, 0) is 153 Å². The highest BCUT2D eigenvalue weighted by Gasteiger charge is 2.23. The maximum Gasteiger partial charge on any atom is 0.0503 e. The Labute approximate surface area is 436 Å². The van der Waals surface area contributed by atoms with Crippen molar-refractivity contribution in [1.29, 1.82) is 0 Å². The van der Waals surface area contributed by atoms with Crippen molar-refractivity contribution in [1.82, 2.24) is 0 Å². The number of para-hydroxylation sites is 2. The van der Waals surface area contributed by atoms with Gasteiger partial charge in [-0.25, -0.2) is 0 Å². The van der Waals surface area contributed by atoms with E-state index in [0.29, 0.717) is 0 Å². The Kier molecular flexibility index (Phi) is 11.8. The molecule has 3 nitrogen and oxygen atoms in total. The van der Waals surface area contributed by atoms with Crippen LogP contribution in [0.2, 0.25) is 0 Å². The van der Waals surface area contributed by atoms with Gasteiger partial charge in [0.1, 0.15) is 0 Å². The van der Waals surface area contributed by atoms with Crippen LogP contribution < -0.4 is 14.7 Å². The highest BCUT2D eigenvalue weighted by molar-refractivity contribution is 7.25. The predicted octanol–water partition coefficient (Wildman–Crippen LogP) is 20.6. The van der Waals surface area contributed by atoms with Crippen LogP contribution in [0.4, 0.5) is 51.2 Å². The summed E-state index contributed by atoms with van der Waals surface area (Å²) in [6.45, 7) is 0. The molecule has 13 aromatic rings. The maximum absolute atomic E-state index is 2.42. The van der Waals surface area contributed by atoms with E-state index in [4.69, 9.17) is 0 Å². The Bertz CT molecular complexity index is 3900. The summed E-state index contributed by atoms with van der Waals surface area (Å²) in [5.74, 6) is 0. The highest BCUT2D eigenvalue weighted by atomic mass is 32.1. The molecule has 0 saturated heterocycles. The van der Waals surface area contributed by atoms with E-state index in [1.807, 2.05) is 11.3 Å². The van der Waals surface area contributed by atoms with Crippen LogP contribution in [-0.4, -0.2) is 0 Å². The lowest BCUT2D eigenvalue weighted by molar-refractivity contribution is 1.22. The van der Waals surface area contributed by atoms with Gasteiger partial charge in [0, 0.05) is 54.3 Å². The van der Waals surface area contributed by atoms with Crippen LogP contribution in [0.25, 0.3) is 64.3 Å². The molecule has 0 aliphatic rings. The first kappa shape index (κ1) is 44.5. The lowest BCUT2D eigenvalue weighted by atomic mass is 10.0. The van der Waals surface area contributed by atoms with Crippen molar-refractivity contribution in [3.63, 3.8) is 0 Å². The molecule has 74 heavy (non-hydrogen) atoms. The van der Waals surface area contributed by atoms with Crippen LogP contribution in [-0.2, 0) is 0 Å². The zero-order valence-electron chi connectivity index (χ0n) is 40.5. The molecule has 1 aromatic heterocycles. The monoisotopic (exact) mass is 963 g/mol. The fourth-order valence-electron chi connectivity index (χ4n) is 10.4. The molecule has 0 spiro atoms. The summed E-state index contributed by atoms with van der Waals surface area (Å²) in [7, 11) is 0. The average molecular weight is 964 g/mol. The molecule has 0 N–H and O–H groups in total. The molecule has 0 bridgehead atoms. The molecule has 1 heterocycles. The Morgan fingerprint density at radius 3 is 1.05 bits per heavy atom. The quantitative estimate of drug-likeness (QED) is 0.121. The molecule has 13 rings (SSSR count). The summed E-state index contributed by atoms with van der Waals surface area (Å²) < 4.78 is 2.62. The van der Waals surface area contributed by atoms with E-state index in [-0.39, 0.29) is 0 Å². The number of rotatable bonds is 12. The Balaban J connectivity index is 1.02. The molecular weight excluding hydrogens is 915 g/mol. The van der Waals surface area contributed by atoms with Gasteiger partial charge in [0.25, 0.3) is 0 Å². The van der Waals surface area contributed by atoms with Crippen LogP contribution in [0.15, 0.2) is 297 Å². The second-order valence-electron chi connectivity index (χ2n) is 18.6. The third kappa shape index (κ3) is 8.74. The number of thiophene rings is 1. The zero-order chi connectivity index (χ0) is 49.2. The lowest BCUT2D eigenvalue weighted by Gasteiger charge is -2.33. The minimum atomic E-state index is 1.01. The zero-order valence-corrected chi connectivity index (χ0v) is 41.4. The summed E-state index contributed by atoms with van der Waals surface area (Å²) in [4.78, 5) is 7.19. The van der Waals surface area contributed by atoms with E-state index in [2.05, 4.69) is 312 Å². The van der Waals surface area contributed by atoms with Crippen molar-refractivity contribution in [2.45, 2.75) is 0 Å². The lowest BCUT2D eigenvalue weighted by Crippen LogP contribution is -2.16. The fourth-order valence-corrected chi connectivity index (χ4v) is 11.4. The molecular formula is C70H49N3S. The molecule has 0 aliphatic carbocycles. The van der Waals surface area contributed by atoms with E-state index in [9.17, 15) is 0 Å². The second-order valence-corrected chi connectivity index (χ2v) is 19.7. The first-order chi connectivity index (χ1) is 36.7. The minimum Gasteiger partial charge on any atom is -0.310 e. The molecule has 0 atom stereocenters. The second kappa shape index (κ2) is 19.6. The van der Waals surface area contributed by atoms with E-state index in [1.54, 1.807) is 0 Å². The van der Waals surface area contributed by atoms with Crippen molar-refractivity contribution in [2.24, 2.45) is 0 Å². The van der Waals surface area contributed by atoms with Crippen LogP contribution in [0, 0.1) is 0 Å². The van der Waals surface area contributed by atoms with Gasteiger partial charge in [0.05, 0.1) is 17.1 Å². The first-order valence-electron chi connectivity index (χ1n) is 25.1. The van der Waals surface area contributed by atoms with Gasteiger partial charge in [-0.3, -0.25) is 0 Å². The highest BCUT2D eigenvalue weighted by Crippen LogP contribution is 2.47. The van der Waals surface area contributed by atoms with E-state index in [0.717, 1.165) is 51.2 Å². The Morgan fingerprint density at radius 2 is 0.541 bits per heavy atom. The van der Waals surface area contributed by atoms with Gasteiger partial charge < -0.3 is 14.7 Å². The number of anilines is 9.